The second-order valence-corrected chi connectivity index (χ2v) is 4.87. The van der Waals surface area contributed by atoms with E-state index in [1.165, 1.54) is 51.7 Å². The lowest BCUT2D eigenvalue weighted by Gasteiger charge is -2.27. The first kappa shape index (κ1) is 15.9. The summed E-state index contributed by atoms with van der Waals surface area (Å²) in [5, 5.41) is 0. The molecule has 1 aliphatic carbocycles. The Morgan fingerprint density at radius 2 is 1.25 bits per heavy atom. The van der Waals surface area contributed by atoms with Crippen LogP contribution in [0.4, 0.5) is 0 Å². The van der Waals surface area contributed by atoms with Gasteiger partial charge in [-0.05, 0) is 46.6 Å². The Labute approximate surface area is 103 Å². The highest BCUT2D eigenvalue weighted by Crippen LogP contribution is 2.20. The van der Waals surface area contributed by atoms with Gasteiger partial charge in [-0.25, -0.2) is 0 Å². The summed E-state index contributed by atoms with van der Waals surface area (Å²) in [6.45, 7) is 10.1. The van der Waals surface area contributed by atoms with Crippen molar-refractivity contribution in [3.8, 4) is 0 Å². The molecule has 0 aromatic rings. The minimum atomic E-state index is 0.888. The van der Waals surface area contributed by atoms with E-state index in [1.807, 2.05) is 0 Å². The zero-order valence-corrected chi connectivity index (χ0v) is 12.1. The van der Waals surface area contributed by atoms with Crippen LogP contribution in [-0.4, -0.2) is 49.6 Å². The number of hydrogen-bond donors (Lipinski definition) is 0. The van der Waals surface area contributed by atoms with Gasteiger partial charge in [-0.3, -0.25) is 0 Å². The van der Waals surface area contributed by atoms with Crippen molar-refractivity contribution in [2.24, 2.45) is 0 Å². The molecule has 0 bridgehead atoms. The van der Waals surface area contributed by atoms with Gasteiger partial charge in [0.1, 0.15) is 0 Å². The van der Waals surface area contributed by atoms with Gasteiger partial charge in [0.05, 0.1) is 0 Å². The maximum atomic E-state index is 2.38. The van der Waals surface area contributed by atoms with Crippen molar-refractivity contribution in [3.05, 3.63) is 0 Å². The van der Waals surface area contributed by atoms with Gasteiger partial charge in [-0.2, -0.15) is 0 Å². The highest BCUT2D eigenvalue weighted by Gasteiger charge is 2.13. The van der Waals surface area contributed by atoms with Crippen LogP contribution in [0.15, 0.2) is 0 Å². The van der Waals surface area contributed by atoms with Crippen LogP contribution in [0.3, 0.4) is 0 Å². The Balaban J connectivity index is 0.000000293. The van der Waals surface area contributed by atoms with Gasteiger partial charge in [0, 0.05) is 6.04 Å². The molecular weight excluding hydrogens is 196 g/mol. The minimum absolute atomic E-state index is 0.888. The molecule has 0 unspecified atom stereocenters. The first-order valence-corrected chi connectivity index (χ1v) is 7.04. The Kier molecular flexibility index (Phi) is 10.0. The molecule has 1 fully saturated rings. The Morgan fingerprint density at radius 1 is 0.812 bits per heavy atom. The van der Waals surface area contributed by atoms with Crippen LogP contribution in [-0.2, 0) is 0 Å². The predicted molar refractivity (Wildman–Crippen MR) is 74.0 cm³/mol. The second-order valence-electron chi connectivity index (χ2n) is 4.87. The summed E-state index contributed by atoms with van der Waals surface area (Å²) in [7, 11) is 4.38. The largest absolute Gasteiger partial charge is 0.306 e. The second kappa shape index (κ2) is 10.1. The van der Waals surface area contributed by atoms with Crippen molar-refractivity contribution in [3.63, 3.8) is 0 Å². The summed E-state index contributed by atoms with van der Waals surface area (Å²) >= 11 is 0. The molecule has 0 aliphatic heterocycles. The minimum Gasteiger partial charge on any atom is -0.306 e. The van der Waals surface area contributed by atoms with E-state index in [-0.39, 0.29) is 0 Å². The molecular formula is C14H32N2. The van der Waals surface area contributed by atoms with Gasteiger partial charge in [-0.1, -0.05) is 40.0 Å². The van der Waals surface area contributed by atoms with Gasteiger partial charge in [-0.15, -0.1) is 0 Å². The van der Waals surface area contributed by atoms with E-state index in [0.29, 0.717) is 0 Å². The monoisotopic (exact) mass is 228 g/mol. The van der Waals surface area contributed by atoms with Crippen molar-refractivity contribution in [1.29, 1.82) is 0 Å². The van der Waals surface area contributed by atoms with E-state index >= 15 is 0 Å². The standard InChI is InChI=1S/C8H17N.C6H15N/c1-9(2)8-6-4-3-5-7-8;1-4-7(5-2)6-3/h8H,3-7H2,1-2H3;4-6H2,1-3H3. The highest BCUT2D eigenvalue weighted by atomic mass is 15.1. The molecule has 2 nitrogen and oxygen atoms in total. The molecule has 16 heavy (non-hydrogen) atoms. The predicted octanol–water partition coefficient (Wildman–Crippen LogP) is 3.23. The molecule has 0 spiro atoms. The highest BCUT2D eigenvalue weighted by molar-refractivity contribution is 4.70. The molecule has 1 aliphatic rings. The molecule has 1 rings (SSSR count). The van der Waals surface area contributed by atoms with Crippen LogP contribution in [0.1, 0.15) is 52.9 Å². The molecule has 0 heterocycles. The maximum absolute atomic E-state index is 2.38. The summed E-state index contributed by atoms with van der Waals surface area (Å²) in [5.41, 5.74) is 0. The Bertz CT molecular complexity index is 130. The molecule has 2 heteroatoms. The maximum Gasteiger partial charge on any atom is 0.00891 e. The fraction of sp³-hybridized carbons (Fsp3) is 1.00. The van der Waals surface area contributed by atoms with Gasteiger partial charge < -0.3 is 9.80 Å². The number of hydrogen-bond acceptors (Lipinski definition) is 2. The molecule has 0 amide bonds. The average Bonchev–Trinajstić information content (AvgIpc) is 2.33. The third kappa shape index (κ3) is 7.24. The lowest BCUT2D eigenvalue weighted by atomic mass is 9.95. The van der Waals surface area contributed by atoms with E-state index in [4.69, 9.17) is 0 Å². The first-order chi connectivity index (χ1) is 7.65. The van der Waals surface area contributed by atoms with E-state index in [1.54, 1.807) is 0 Å². The fourth-order valence-electron chi connectivity index (χ4n) is 2.27. The summed E-state index contributed by atoms with van der Waals surface area (Å²) in [6.07, 6.45) is 7.20. The quantitative estimate of drug-likeness (QED) is 0.729. The van der Waals surface area contributed by atoms with E-state index < -0.39 is 0 Å². The van der Waals surface area contributed by atoms with E-state index in [2.05, 4.69) is 44.7 Å². The lowest BCUT2D eigenvalue weighted by molar-refractivity contribution is 0.229. The molecule has 0 saturated heterocycles. The van der Waals surface area contributed by atoms with E-state index in [9.17, 15) is 0 Å². The summed E-state index contributed by atoms with van der Waals surface area (Å²) in [6, 6.07) is 0.888. The number of rotatable bonds is 4. The molecule has 98 valence electrons. The van der Waals surface area contributed by atoms with Gasteiger partial charge in [0.25, 0.3) is 0 Å². The fourth-order valence-corrected chi connectivity index (χ4v) is 2.27. The normalized spacial score (nSPS) is 17.4. The van der Waals surface area contributed by atoms with Crippen molar-refractivity contribution in [1.82, 2.24) is 9.80 Å². The van der Waals surface area contributed by atoms with Crippen LogP contribution in [0.2, 0.25) is 0 Å². The summed E-state index contributed by atoms with van der Waals surface area (Å²) in [4.78, 5) is 4.74. The zero-order valence-electron chi connectivity index (χ0n) is 12.1. The average molecular weight is 228 g/mol. The Hall–Kier alpha value is -0.0800. The third-order valence-corrected chi connectivity index (χ3v) is 3.65. The smallest absolute Gasteiger partial charge is 0.00891 e. The molecule has 0 atom stereocenters. The van der Waals surface area contributed by atoms with Gasteiger partial charge >= 0.3 is 0 Å². The zero-order chi connectivity index (χ0) is 12.4. The lowest BCUT2D eigenvalue weighted by Crippen LogP contribution is -2.29. The summed E-state index contributed by atoms with van der Waals surface area (Å²) < 4.78 is 0. The topological polar surface area (TPSA) is 6.48 Å². The van der Waals surface area contributed by atoms with Crippen molar-refractivity contribution < 1.29 is 0 Å². The first-order valence-electron chi connectivity index (χ1n) is 7.04. The van der Waals surface area contributed by atoms with Crippen molar-refractivity contribution in [2.75, 3.05) is 33.7 Å². The van der Waals surface area contributed by atoms with Crippen LogP contribution >= 0.6 is 0 Å². The van der Waals surface area contributed by atoms with Gasteiger partial charge in [0.2, 0.25) is 0 Å². The molecule has 0 aromatic heterocycles. The van der Waals surface area contributed by atoms with Crippen LogP contribution in [0.5, 0.6) is 0 Å². The molecule has 0 radical (unpaired) electrons. The number of nitrogens with zero attached hydrogens (tertiary/aromatic N) is 2. The van der Waals surface area contributed by atoms with Crippen molar-refractivity contribution >= 4 is 0 Å². The van der Waals surface area contributed by atoms with Crippen LogP contribution in [0, 0.1) is 0 Å². The Morgan fingerprint density at radius 3 is 1.44 bits per heavy atom. The molecule has 0 aromatic carbocycles. The SMILES string of the molecule is CCN(CC)CC.CN(C)C1CCCCC1. The van der Waals surface area contributed by atoms with Gasteiger partial charge in [0.15, 0.2) is 0 Å². The summed E-state index contributed by atoms with van der Waals surface area (Å²) in [5.74, 6) is 0. The van der Waals surface area contributed by atoms with Crippen LogP contribution in [0.25, 0.3) is 0 Å². The third-order valence-electron chi connectivity index (χ3n) is 3.65. The van der Waals surface area contributed by atoms with E-state index in [0.717, 1.165) is 6.04 Å². The molecule has 1 saturated carbocycles. The van der Waals surface area contributed by atoms with Crippen LogP contribution < -0.4 is 0 Å². The van der Waals surface area contributed by atoms with Crippen molar-refractivity contribution in [2.45, 2.75) is 58.9 Å². The molecule has 0 N–H and O–H groups in total.